The molecule has 0 aliphatic carbocycles. The van der Waals surface area contributed by atoms with Gasteiger partial charge in [-0.25, -0.2) is 0 Å². The van der Waals surface area contributed by atoms with Gasteiger partial charge in [-0.05, 0) is 18.9 Å². The van der Waals surface area contributed by atoms with Crippen molar-refractivity contribution in [2.75, 3.05) is 6.54 Å². The van der Waals surface area contributed by atoms with Crippen LogP contribution in [0.3, 0.4) is 0 Å². The molecule has 2 amide bonds. The number of nitrogens with two attached hydrogens (primary N) is 1. The Bertz CT molecular complexity index is 453. The average molecular weight is 246 g/mol. The van der Waals surface area contributed by atoms with E-state index in [0.29, 0.717) is 19.4 Å². The van der Waals surface area contributed by atoms with E-state index in [1.54, 1.807) is 0 Å². The van der Waals surface area contributed by atoms with E-state index in [1.807, 2.05) is 31.2 Å². The zero-order valence-corrected chi connectivity index (χ0v) is 10.6. The minimum absolute atomic E-state index is 0.117. The van der Waals surface area contributed by atoms with Gasteiger partial charge in [0.2, 0.25) is 11.8 Å². The normalized spacial score (nSPS) is 19.3. The van der Waals surface area contributed by atoms with Crippen LogP contribution in [0.15, 0.2) is 24.3 Å². The largest absolute Gasteiger partial charge is 0.326 e. The minimum atomic E-state index is -0.194. The molecule has 18 heavy (non-hydrogen) atoms. The number of hydrogen-bond donors (Lipinski definition) is 1. The zero-order chi connectivity index (χ0) is 13.1. The lowest BCUT2D eigenvalue weighted by Gasteiger charge is -2.13. The molecule has 4 heteroatoms. The van der Waals surface area contributed by atoms with Gasteiger partial charge in [0, 0.05) is 25.4 Å². The fourth-order valence-electron chi connectivity index (χ4n) is 2.12. The quantitative estimate of drug-likeness (QED) is 0.866. The summed E-state index contributed by atoms with van der Waals surface area (Å²) < 4.78 is 0. The molecule has 1 aliphatic rings. The Morgan fingerprint density at radius 1 is 1.39 bits per heavy atom. The van der Waals surface area contributed by atoms with Gasteiger partial charge in [-0.2, -0.15) is 0 Å². The molecular formula is C14H18N2O2. The van der Waals surface area contributed by atoms with E-state index in [9.17, 15) is 9.59 Å². The number of likely N-dealkylation sites (tertiary alicyclic amines) is 1. The molecule has 2 rings (SSSR count). The Balaban J connectivity index is 1.88. The van der Waals surface area contributed by atoms with Gasteiger partial charge < -0.3 is 5.73 Å². The summed E-state index contributed by atoms with van der Waals surface area (Å²) in [5.41, 5.74) is 7.98. The molecule has 96 valence electrons. The molecule has 1 aromatic rings. The molecule has 0 aromatic heterocycles. The van der Waals surface area contributed by atoms with E-state index in [1.165, 1.54) is 10.5 Å². The second kappa shape index (κ2) is 5.31. The van der Waals surface area contributed by atoms with Crippen molar-refractivity contribution in [1.82, 2.24) is 4.90 Å². The van der Waals surface area contributed by atoms with Gasteiger partial charge in [-0.1, -0.05) is 29.8 Å². The summed E-state index contributed by atoms with van der Waals surface area (Å²) in [5.74, 6) is -0.259. The number of imide groups is 1. The molecule has 4 nitrogen and oxygen atoms in total. The van der Waals surface area contributed by atoms with Crippen molar-refractivity contribution in [2.24, 2.45) is 5.73 Å². The Kier molecular flexibility index (Phi) is 3.77. The number of hydrogen-bond acceptors (Lipinski definition) is 3. The van der Waals surface area contributed by atoms with Crippen LogP contribution in [0.1, 0.15) is 24.0 Å². The molecule has 1 unspecified atom stereocenters. The molecule has 0 spiro atoms. The van der Waals surface area contributed by atoms with Gasteiger partial charge in [0.15, 0.2) is 0 Å². The lowest BCUT2D eigenvalue weighted by molar-refractivity contribution is -0.141. The summed E-state index contributed by atoms with van der Waals surface area (Å²) >= 11 is 0. The summed E-state index contributed by atoms with van der Waals surface area (Å²) in [6.07, 6.45) is 1.32. The van der Waals surface area contributed by atoms with E-state index in [0.717, 1.165) is 5.56 Å². The van der Waals surface area contributed by atoms with Crippen molar-refractivity contribution in [3.05, 3.63) is 35.4 Å². The molecule has 1 saturated heterocycles. The Hall–Kier alpha value is -1.68. The molecular weight excluding hydrogens is 228 g/mol. The van der Waals surface area contributed by atoms with Crippen LogP contribution in [-0.2, 0) is 16.0 Å². The maximum absolute atomic E-state index is 11.9. The van der Waals surface area contributed by atoms with E-state index in [-0.39, 0.29) is 24.3 Å². The molecule has 1 heterocycles. The van der Waals surface area contributed by atoms with Crippen LogP contribution in [0.25, 0.3) is 0 Å². The second-order valence-corrected chi connectivity index (χ2v) is 4.85. The van der Waals surface area contributed by atoms with Crippen molar-refractivity contribution in [1.29, 1.82) is 0 Å². The third-order valence-corrected chi connectivity index (χ3v) is 3.20. The maximum atomic E-state index is 11.9. The fraction of sp³-hybridized carbons (Fsp3) is 0.429. The highest BCUT2D eigenvalue weighted by atomic mass is 16.2. The zero-order valence-electron chi connectivity index (χ0n) is 10.6. The first-order chi connectivity index (χ1) is 8.56. The Morgan fingerprint density at radius 2 is 2.06 bits per heavy atom. The highest BCUT2D eigenvalue weighted by Crippen LogP contribution is 2.12. The third-order valence-electron chi connectivity index (χ3n) is 3.20. The van der Waals surface area contributed by atoms with Crippen molar-refractivity contribution >= 4 is 11.8 Å². The molecule has 1 atom stereocenters. The monoisotopic (exact) mass is 246 g/mol. The highest BCUT2D eigenvalue weighted by molar-refractivity contribution is 5.97. The van der Waals surface area contributed by atoms with Gasteiger partial charge in [0.1, 0.15) is 0 Å². The van der Waals surface area contributed by atoms with Crippen molar-refractivity contribution in [3.63, 3.8) is 0 Å². The molecule has 0 bridgehead atoms. The highest BCUT2D eigenvalue weighted by Gasteiger charge is 2.31. The molecule has 2 N–H and O–H groups in total. The number of benzene rings is 1. The van der Waals surface area contributed by atoms with Gasteiger partial charge in [-0.15, -0.1) is 0 Å². The van der Waals surface area contributed by atoms with Crippen LogP contribution in [0.2, 0.25) is 0 Å². The van der Waals surface area contributed by atoms with Crippen molar-refractivity contribution < 1.29 is 9.59 Å². The third kappa shape index (κ3) is 2.96. The van der Waals surface area contributed by atoms with E-state index in [4.69, 9.17) is 5.73 Å². The number of nitrogens with zero attached hydrogens (tertiary/aromatic N) is 1. The van der Waals surface area contributed by atoms with E-state index in [2.05, 4.69) is 0 Å². The van der Waals surface area contributed by atoms with E-state index >= 15 is 0 Å². The first-order valence-electron chi connectivity index (χ1n) is 6.20. The van der Waals surface area contributed by atoms with Crippen LogP contribution in [0.5, 0.6) is 0 Å². The molecule has 0 saturated carbocycles. The lowest BCUT2D eigenvalue weighted by atomic mass is 10.1. The number of amides is 2. The van der Waals surface area contributed by atoms with Gasteiger partial charge >= 0.3 is 0 Å². The fourth-order valence-corrected chi connectivity index (χ4v) is 2.12. The predicted octanol–water partition coefficient (Wildman–Crippen LogP) is 1.01. The van der Waals surface area contributed by atoms with Gasteiger partial charge in [-0.3, -0.25) is 14.5 Å². The van der Waals surface area contributed by atoms with Gasteiger partial charge in [0.25, 0.3) is 0 Å². The minimum Gasteiger partial charge on any atom is -0.326 e. The molecule has 1 aliphatic heterocycles. The van der Waals surface area contributed by atoms with Crippen molar-refractivity contribution in [2.45, 2.75) is 32.2 Å². The Labute approximate surface area is 107 Å². The molecule has 0 radical (unpaired) electrons. The number of carbonyl (C=O) groups excluding carboxylic acids is 2. The van der Waals surface area contributed by atoms with Crippen LogP contribution < -0.4 is 5.73 Å². The smallest absolute Gasteiger partial charge is 0.230 e. The summed E-state index contributed by atoms with van der Waals surface area (Å²) in [5, 5.41) is 0. The topological polar surface area (TPSA) is 63.4 Å². The first-order valence-corrected chi connectivity index (χ1v) is 6.20. The van der Waals surface area contributed by atoms with Crippen LogP contribution in [0, 0.1) is 6.92 Å². The first kappa shape index (κ1) is 12.8. The maximum Gasteiger partial charge on any atom is 0.230 e. The predicted molar refractivity (Wildman–Crippen MR) is 68.8 cm³/mol. The molecule has 1 fully saturated rings. The van der Waals surface area contributed by atoms with Crippen LogP contribution in [0.4, 0.5) is 0 Å². The number of carbonyl (C=O) groups is 2. The average Bonchev–Trinajstić information content (AvgIpc) is 2.67. The SMILES string of the molecule is Cc1ccc(CCC(=O)N2CC(N)CC2=O)cc1. The number of rotatable bonds is 3. The molecule has 1 aromatic carbocycles. The summed E-state index contributed by atoms with van der Waals surface area (Å²) in [7, 11) is 0. The lowest BCUT2D eigenvalue weighted by Crippen LogP contribution is -2.34. The van der Waals surface area contributed by atoms with Gasteiger partial charge in [0.05, 0.1) is 0 Å². The summed E-state index contributed by atoms with van der Waals surface area (Å²) in [6, 6.07) is 7.88. The summed E-state index contributed by atoms with van der Waals surface area (Å²) in [4.78, 5) is 24.7. The van der Waals surface area contributed by atoms with Crippen LogP contribution >= 0.6 is 0 Å². The summed E-state index contributed by atoms with van der Waals surface area (Å²) in [6.45, 7) is 2.39. The Morgan fingerprint density at radius 3 is 2.61 bits per heavy atom. The van der Waals surface area contributed by atoms with Crippen molar-refractivity contribution in [3.8, 4) is 0 Å². The van der Waals surface area contributed by atoms with Crippen LogP contribution in [-0.4, -0.2) is 29.3 Å². The van der Waals surface area contributed by atoms with E-state index < -0.39 is 0 Å². The number of aryl methyl sites for hydroxylation is 2. The second-order valence-electron chi connectivity index (χ2n) is 4.85. The standard InChI is InChI=1S/C14H18N2O2/c1-10-2-4-11(5-3-10)6-7-13(17)16-9-12(15)8-14(16)18/h2-5,12H,6-9,15H2,1H3.